The minimum Gasteiger partial charge on any atom is -0.480 e. The Morgan fingerprint density at radius 2 is 1.50 bits per heavy atom. The number of nitrogens with zero attached hydrogens (tertiary/aromatic N) is 3. The van der Waals surface area contributed by atoms with E-state index in [9.17, 15) is 19.5 Å². The van der Waals surface area contributed by atoms with E-state index in [0.717, 1.165) is 52.8 Å². The minimum absolute atomic E-state index is 0.121. The summed E-state index contributed by atoms with van der Waals surface area (Å²) in [5.74, 6) is 1.57. The van der Waals surface area contributed by atoms with Crippen molar-refractivity contribution < 1.29 is 19.5 Å². The summed E-state index contributed by atoms with van der Waals surface area (Å²) in [6, 6.07) is 23.5. The summed E-state index contributed by atoms with van der Waals surface area (Å²) in [5.41, 5.74) is 5.86. The summed E-state index contributed by atoms with van der Waals surface area (Å²) < 4.78 is 0. The maximum absolute atomic E-state index is 13.4. The van der Waals surface area contributed by atoms with Crippen LogP contribution in [0.1, 0.15) is 85.3 Å². The molecule has 0 radical (unpaired) electrons. The highest BCUT2D eigenvalue weighted by Crippen LogP contribution is 2.41. The van der Waals surface area contributed by atoms with Gasteiger partial charge in [0.05, 0.1) is 6.42 Å². The summed E-state index contributed by atoms with van der Waals surface area (Å²) in [6.45, 7) is 2.00. The van der Waals surface area contributed by atoms with E-state index in [0.29, 0.717) is 17.1 Å². The zero-order valence-corrected chi connectivity index (χ0v) is 28.8. The van der Waals surface area contributed by atoms with Gasteiger partial charge in [0.1, 0.15) is 6.54 Å². The number of hydrogen-bond donors (Lipinski definition) is 2. The molecule has 1 atom stereocenters. The zero-order valence-electron chi connectivity index (χ0n) is 28.8. The van der Waals surface area contributed by atoms with Gasteiger partial charge in [-0.15, -0.1) is 0 Å². The molecule has 3 aromatic carbocycles. The highest BCUT2D eigenvalue weighted by Gasteiger charge is 2.28. The topological polar surface area (TPSA) is 112 Å². The number of aromatic nitrogens is 2. The Bertz CT molecular complexity index is 1780. The van der Waals surface area contributed by atoms with E-state index in [1.807, 2.05) is 67.0 Å². The minimum atomic E-state index is -1.10. The van der Waals surface area contributed by atoms with Crippen LogP contribution in [0.3, 0.4) is 0 Å². The predicted octanol–water partition coefficient (Wildman–Crippen LogP) is 8.45. The van der Waals surface area contributed by atoms with Gasteiger partial charge in [0.15, 0.2) is 5.82 Å². The molecule has 1 aromatic heterocycles. The molecule has 0 spiro atoms. The van der Waals surface area contributed by atoms with Crippen molar-refractivity contribution in [1.82, 2.24) is 14.9 Å². The SMILES string of the molecule is CC[C@H]1CC[C@H](C2CC=C(c3cnc(-c4ccc(CN(CC(=O)O)C(=O)c5ccc(NC(=O)Cc6ccccc6)cc5)cc4)nc3)CC2)CC1. The van der Waals surface area contributed by atoms with Gasteiger partial charge in [-0.25, -0.2) is 9.97 Å². The molecule has 50 heavy (non-hydrogen) atoms. The van der Waals surface area contributed by atoms with Crippen LogP contribution >= 0.6 is 0 Å². The van der Waals surface area contributed by atoms with Gasteiger partial charge in [-0.05, 0) is 90.8 Å². The molecule has 1 unspecified atom stereocenters. The van der Waals surface area contributed by atoms with E-state index in [1.165, 1.54) is 49.0 Å². The fourth-order valence-corrected chi connectivity index (χ4v) is 7.46. The number of anilines is 1. The molecule has 2 aliphatic rings. The number of hydrogen-bond acceptors (Lipinski definition) is 5. The van der Waals surface area contributed by atoms with E-state index in [1.54, 1.807) is 24.3 Å². The zero-order chi connectivity index (χ0) is 34.9. The number of amides is 2. The Kier molecular flexibility index (Phi) is 11.5. The van der Waals surface area contributed by atoms with Gasteiger partial charge in [0.2, 0.25) is 5.91 Å². The second kappa shape index (κ2) is 16.5. The van der Waals surface area contributed by atoms with Crippen molar-refractivity contribution in [2.24, 2.45) is 17.8 Å². The molecule has 0 bridgehead atoms. The van der Waals surface area contributed by atoms with E-state index < -0.39 is 18.4 Å². The van der Waals surface area contributed by atoms with Gasteiger partial charge in [0.25, 0.3) is 5.91 Å². The predicted molar refractivity (Wildman–Crippen MR) is 196 cm³/mol. The first kappa shape index (κ1) is 34.7. The van der Waals surface area contributed by atoms with Crippen molar-refractivity contribution in [2.75, 3.05) is 11.9 Å². The molecule has 0 aliphatic heterocycles. The van der Waals surface area contributed by atoms with E-state index in [4.69, 9.17) is 0 Å². The van der Waals surface area contributed by atoms with Gasteiger partial charge in [0, 0.05) is 41.3 Å². The number of carboxylic acid groups (broad SMARTS) is 1. The Balaban J connectivity index is 1.04. The highest BCUT2D eigenvalue weighted by molar-refractivity contribution is 5.97. The summed E-state index contributed by atoms with van der Waals surface area (Å²) in [5, 5.41) is 12.4. The lowest BCUT2D eigenvalue weighted by Gasteiger charge is -2.35. The van der Waals surface area contributed by atoms with Gasteiger partial charge >= 0.3 is 5.97 Å². The smallest absolute Gasteiger partial charge is 0.323 e. The molecular formula is C42H46N4O4. The van der Waals surface area contributed by atoms with E-state index in [-0.39, 0.29) is 18.9 Å². The van der Waals surface area contributed by atoms with Crippen molar-refractivity contribution in [2.45, 2.75) is 71.3 Å². The van der Waals surface area contributed by atoms with Crippen LogP contribution in [0.15, 0.2) is 97.3 Å². The van der Waals surface area contributed by atoms with E-state index >= 15 is 0 Å². The first-order valence-electron chi connectivity index (χ1n) is 17.9. The second-order valence-corrected chi connectivity index (χ2v) is 13.8. The fraction of sp³-hybridized carbons (Fsp3) is 0.357. The molecule has 2 amide bonds. The fourth-order valence-electron chi connectivity index (χ4n) is 7.46. The van der Waals surface area contributed by atoms with Crippen LogP contribution in [0, 0.1) is 17.8 Å². The summed E-state index contributed by atoms with van der Waals surface area (Å²) in [6.07, 6.45) is 16.9. The van der Waals surface area contributed by atoms with Gasteiger partial charge in [-0.2, -0.15) is 0 Å². The largest absolute Gasteiger partial charge is 0.480 e. The van der Waals surface area contributed by atoms with Crippen LogP contribution in [0.5, 0.6) is 0 Å². The summed E-state index contributed by atoms with van der Waals surface area (Å²) >= 11 is 0. The lowest BCUT2D eigenvalue weighted by molar-refractivity contribution is -0.137. The molecular weight excluding hydrogens is 624 g/mol. The van der Waals surface area contributed by atoms with Crippen molar-refractivity contribution in [3.8, 4) is 11.4 Å². The maximum atomic E-state index is 13.4. The van der Waals surface area contributed by atoms with Crippen molar-refractivity contribution in [3.63, 3.8) is 0 Å². The monoisotopic (exact) mass is 670 g/mol. The molecule has 1 heterocycles. The van der Waals surface area contributed by atoms with Crippen LogP contribution in [0.2, 0.25) is 0 Å². The average Bonchev–Trinajstić information content (AvgIpc) is 3.15. The van der Waals surface area contributed by atoms with Gasteiger partial charge < -0.3 is 15.3 Å². The number of rotatable bonds is 12. The average molecular weight is 671 g/mol. The Morgan fingerprint density at radius 3 is 2.12 bits per heavy atom. The van der Waals surface area contributed by atoms with Gasteiger partial charge in [-0.1, -0.05) is 86.9 Å². The third-order valence-corrected chi connectivity index (χ3v) is 10.4. The first-order chi connectivity index (χ1) is 24.3. The number of carboxylic acids is 1. The highest BCUT2D eigenvalue weighted by atomic mass is 16.4. The van der Waals surface area contributed by atoms with Crippen LogP contribution in [0.4, 0.5) is 5.69 Å². The molecule has 1 fully saturated rings. The molecule has 6 rings (SSSR count). The Labute approximate surface area is 294 Å². The third kappa shape index (κ3) is 9.11. The number of carbonyl (C=O) groups is 3. The number of benzene rings is 3. The van der Waals surface area contributed by atoms with Crippen LogP contribution < -0.4 is 5.32 Å². The number of allylic oxidation sites excluding steroid dienone is 2. The number of carbonyl (C=O) groups excluding carboxylic acids is 2. The maximum Gasteiger partial charge on any atom is 0.323 e. The lowest BCUT2D eigenvalue weighted by Crippen LogP contribution is -2.35. The van der Waals surface area contributed by atoms with Crippen LogP contribution in [-0.4, -0.2) is 44.3 Å². The number of nitrogens with one attached hydrogen (secondary N) is 1. The molecule has 8 heteroatoms. The standard InChI is InChI=1S/C42H46N4O4/c1-2-29-8-12-32(13-9-29)33-16-18-34(19-17-33)37-25-43-41(44-26-37)35-14-10-31(11-15-35)27-46(28-40(48)49)42(50)36-20-22-38(23-21-36)45-39(47)24-30-6-4-3-5-7-30/h3-7,10-11,14-15,18,20-23,25-26,29,32-33H,2,8-9,12-13,16-17,19,24,27-28H2,1H3,(H,45,47)(H,48,49)/t29-,32-,33?. The molecule has 258 valence electrons. The summed E-state index contributed by atoms with van der Waals surface area (Å²) in [4.78, 5) is 48.2. The molecule has 2 aliphatic carbocycles. The molecule has 8 nitrogen and oxygen atoms in total. The first-order valence-corrected chi connectivity index (χ1v) is 17.9. The van der Waals surface area contributed by atoms with Crippen molar-refractivity contribution in [1.29, 1.82) is 0 Å². The molecule has 1 saturated carbocycles. The molecule has 2 N–H and O–H groups in total. The molecule has 4 aromatic rings. The van der Waals surface area contributed by atoms with Crippen molar-refractivity contribution >= 4 is 29.0 Å². The van der Waals surface area contributed by atoms with E-state index in [2.05, 4.69) is 28.3 Å². The quantitative estimate of drug-likeness (QED) is 0.156. The third-order valence-electron chi connectivity index (χ3n) is 10.4. The number of aliphatic carboxylic acids is 1. The lowest BCUT2D eigenvalue weighted by atomic mass is 9.71. The van der Waals surface area contributed by atoms with Crippen molar-refractivity contribution in [3.05, 3.63) is 120 Å². The van der Waals surface area contributed by atoms with Crippen LogP contribution in [0.25, 0.3) is 17.0 Å². The van der Waals surface area contributed by atoms with Crippen LogP contribution in [-0.2, 0) is 22.6 Å². The second-order valence-electron chi connectivity index (χ2n) is 13.8. The normalized spacial score (nSPS) is 18.9. The molecule has 0 saturated heterocycles. The van der Waals surface area contributed by atoms with Gasteiger partial charge in [-0.3, -0.25) is 14.4 Å². The Hall–Kier alpha value is -5.11. The Morgan fingerprint density at radius 1 is 0.800 bits per heavy atom. The summed E-state index contributed by atoms with van der Waals surface area (Å²) in [7, 11) is 0.